The number of hydrogen-bond donors (Lipinski definition) is 6. The molecule has 2 saturated carbocycles. The van der Waals surface area contributed by atoms with Gasteiger partial charge in [-0.15, -0.1) is 11.8 Å². The third-order valence-corrected chi connectivity index (χ3v) is 15.4. The van der Waals surface area contributed by atoms with Crippen molar-refractivity contribution in [1.29, 1.82) is 0 Å². The molecule has 1 aliphatic heterocycles. The first-order valence-corrected chi connectivity index (χ1v) is 26.9. The van der Waals surface area contributed by atoms with Gasteiger partial charge in [0.15, 0.2) is 0 Å². The highest BCUT2D eigenvalue weighted by Crippen LogP contribution is 2.43. The number of aromatic nitrogens is 1. The number of rotatable bonds is 20. The second-order valence-electron chi connectivity index (χ2n) is 21.0. The Kier molecular flexibility index (Phi) is 19.0. The van der Waals surface area contributed by atoms with Gasteiger partial charge in [0.1, 0.15) is 36.7 Å². The summed E-state index contributed by atoms with van der Waals surface area (Å²) in [4.78, 5) is 88.7. The number of ether oxygens (including phenoxy) is 2. The quantitative estimate of drug-likeness (QED) is 0.0121. The molecule has 6 atom stereocenters. The number of carboxylic acids is 2. The summed E-state index contributed by atoms with van der Waals surface area (Å²) in [6.45, 7) is 21.6. The highest BCUT2D eigenvalue weighted by atomic mass is 32.2. The van der Waals surface area contributed by atoms with Crippen molar-refractivity contribution in [3.05, 3.63) is 130 Å². The number of carbonyl (C=O) groups excluding carboxylic acids is 3. The minimum absolute atomic E-state index is 0.00808. The second-order valence-corrected chi connectivity index (χ2v) is 22.4. The van der Waals surface area contributed by atoms with E-state index >= 15 is 4.79 Å². The number of carboxylic acid groups (broad SMARTS) is 2. The number of H-pyrrole nitrogens is 1. The number of aromatic amines is 1. The first-order valence-electron chi connectivity index (χ1n) is 26.0. The van der Waals surface area contributed by atoms with Gasteiger partial charge in [-0.25, -0.2) is 29.2 Å². The molecule has 4 aromatic rings. The summed E-state index contributed by atoms with van der Waals surface area (Å²) in [6, 6.07) is 21.7. The maximum Gasteiger partial charge on any atom is 0.342 e. The summed E-state index contributed by atoms with van der Waals surface area (Å²) >= 11 is 0.998. The van der Waals surface area contributed by atoms with Gasteiger partial charge in [0, 0.05) is 21.6 Å². The molecule has 3 aromatic carbocycles. The van der Waals surface area contributed by atoms with Crippen molar-refractivity contribution in [2.45, 2.75) is 123 Å². The molecule has 0 spiro atoms. The monoisotopic (exact) mass is 1060 g/mol. The fourth-order valence-corrected chi connectivity index (χ4v) is 11.9. The second kappa shape index (κ2) is 25.4. The molecule has 76 heavy (non-hydrogen) atoms. The number of esters is 1. The van der Waals surface area contributed by atoms with E-state index < -0.39 is 47.1 Å². The van der Waals surface area contributed by atoms with Gasteiger partial charge < -0.3 is 35.3 Å². The van der Waals surface area contributed by atoms with Crippen LogP contribution in [-0.2, 0) is 40.2 Å². The van der Waals surface area contributed by atoms with Gasteiger partial charge in [0.05, 0.1) is 45.7 Å². The molecule has 3 aliphatic rings. The molecular formula is C59H71N5O11S. The molecule has 16 nitrogen and oxygen atoms in total. The van der Waals surface area contributed by atoms with Gasteiger partial charge in [-0.1, -0.05) is 109 Å². The number of nitrogens with zero attached hydrogens (tertiary/aromatic N) is 1. The number of allylic oxidation sites excluding steroid dienone is 2. The Hall–Kier alpha value is -6.79. The van der Waals surface area contributed by atoms with Crippen LogP contribution >= 0.6 is 11.8 Å². The van der Waals surface area contributed by atoms with E-state index in [4.69, 9.17) is 24.2 Å². The van der Waals surface area contributed by atoms with E-state index in [0.29, 0.717) is 51.2 Å². The molecular weight excluding hydrogens is 987 g/mol. The Labute approximate surface area is 449 Å². The van der Waals surface area contributed by atoms with E-state index in [1.165, 1.54) is 12.1 Å². The fraction of sp³-hybridized carbons (Fsp3) is 0.424. The van der Waals surface area contributed by atoms with Crippen LogP contribution in [0.25, 0.3) is 22.8 Å². The molecule has 2 fully saturated rings. The lowest BCUT2D eigenvalue weighted by atomic mass is 9.75. The van der Waals surface area contributed by atoms with Crippen LogP contribution < -0.4 is 16.0 Å². The Bertz CT molecular complexity index is 2840. The number of benzene rings is 3. The normalized spacial score (nSPS) is 23.8. The van der Waals surface area contributed by atoms with Gasteiger partial charge >= 0.3 is 17.9 Å². The predicted molar refractivity (Wildman–Crippen MR) is 294 cm³/mol. The van der Waals surface area contributed by atoms with Crippen molar-refractivity contribution in [2.24, 2.45) is 40.5 Å². The van der Waals surface area contributed by atoms with Crippen LogP contribution in [0.5, 0.6) is 0 Å². The highest BCUT2D eigenvalue weighted by molar-refractivity contribution is 8.00. The lowest BCUT2D eigenvalue weighted by Crippen LogP contribution is -2.46. The van der Waals surface area contributed by atoms with Crippen molar-refractivity contribution in [3.63, 3.8) is 0 Å². The van der Waals surface area contributed by atoms with E-state index in [1.807, 2.05) is 60.7 Å². The lowest BCUT2D eigenvalue weighted by molar-refractivity contribution is -0.354. The van der Waals surface area contributed by atoms with E-state index in [1.54, 1.807) is 26.8 Å². The third kappa shape index (κ3) is 14.0. The van der Waals surface area contributed by atoms with Crippen molar-refractivity contribution in [3.8, 4) is 11.1 Å². The Balaban J connectivity index is 1.37. The van der Waals surface area contributed by atoms with Crippen molar-refractivity contribution >= 4 is 64.8 Å². The number of thioether (sulfide) groups is 1. The molecule has 0 radical (unpaired) electrons. The smallest absolute Gasteiger partial charge is 0.342 e. The molecule has 2 amide bonds. The zero-order valence-electron chi connectivity index (χ0n) is 44.7. The lowest BCUT2D eigenvalue weighted by Gasteiger charge is -2.37. The Morgan fingerprint density at radius 2 is 1.33 bits per heavy atom. The zero-order valence-corrected chi connectivity index (χ0v) is 45.5. The molecule has 2 aliphatic carbocycles. The fourth-order valence-electron chi connectivity index (χ4n) is 10.9. The molecule has 0 bridgehead atoms. The molecule has 6 unspecified atom stereocenters. The molecule has 7 rings (SSSR count). The molecule has 0 saturated heterocycles. The van der Waals surface area contributed by atoms with E-state index in [0.717, 1.165) is 49.1 Å². The summed E-state index contributed by atoms with van der Waals surface area (Å²) in [5.74, 6) is -1.95. The summed E-state index contributed by atoms with van der Waals surface area (Å²) in [7, 11) is 0. The van der Waals surface area contributed by atoms with Crippen LogP contribution in [0.1, 0.15) is 126 Å². The van der Waals surface area contributed by atoms with Gasteiger partial charge in [0.25, 0.3) is 0 Å². The van der Waals surface area contributed by atoms with Crippen molar-refractivity contribution in [2.75, 3.05) is 12.0 Å². The highest BCUT2D eigenvalue weighted by Gasteiger charge is 2.40. The van der Waals surface area contributed by atoms with Gasteiger partial charge in [-0.2, -0.15) is 0 Å². The first-order chi connectivity index (χ1) is 36.2. The Morgan fingerprint density at radius 3 is 1.88 bits per heavy atom. The number of aliphatic imine (C=N–C) groups is 1. The van der Waals surface area contributed by atoms with Crippen LogP contribution in [-0.4, -0.2) is 81.0 Å². The summed E-state index contributed by atoms with van der Waals surface area (Å²) < 4.78 is 12.0. The van der Waals surface area contributed by atoms with Crippen molar-refractivity contribution < 1.29 is 53.4 Å². The maximum atomic E-state index is 15.0. The van der Waals surface area contributed by atoms with Crippen molar-refractivity contribution in [1.82, 2.24) is 15.6 Å². The molecule has 2 heterocycles. The predicted octanol–water partition coefficient (Wildman–Crippen LogP) is 11.1. The molecule has 1 aromatic heterocycles. The van der Waals surface area contributed by atoms with Gasteiger partial charge in [-0.05, 0) is 117 Å². The molecule has 404 valence electrons. The van der Waals surface area contributed by atoms with E-state index in [-0.39, 0.29) is 76.4 Å². The standard InChI is InChI=1S/C59H71N5O11S/c1-31(2)72-30-60-38(9)55(65)64-54-50(59(71)74-51-34(5)21-32(3)22-35(51)6)49(41-19-15-12-16-20-41)47(62-54)28-46-48(40-17-13-11-14-18-40)45(29-73-75-52-36(7)23-33(4)24-37(52)8)53(61-46)63-56(66)39(10)76-44-26-42(57(67)68)25-43(27-44)58(69)70/h11-20,25-28,32-39,51-52,60-61H,1,21-24,29-30H2,2-10H3,(H,63,66)(H,67,68)(H,69,70)(H,62,64,65). The topological polar surface area (TPSA) is 227 Å². The third-order valence-electron chi connectivity index (χ3n) is 14.4. The summed E-state index contributed by atoms with van der Waals surface area (Å²) in [5.41, 5.74) is 3.26. The SMILES string of the molecule is C=C(C)OCNC(C)C(=O)NC1=NC(=Cc2[nH]c(NC(=O)C(C)Sc3cc(C(=O)O)cc(C(=O)O)c3)c(COOC3C(C)CC(C)CC3C)c2-c2ccccc2)C(c2ccccc2)=C1C(=O)OC1C(C)CC(C)CC1C. The Morgan fingerprint density at radius 1 is 0.776 bits per heavy atom. The van der Waals surface area contributed by atoms with Crippen LogP contribution in [0.15, 0.2) is 112 Å². The number of anilines is 1. The van der Waals surface area contributed by atoms with Crippen LogP contribution in [0.3, 0.4) is 0 Å². The number of hydrogen-bond acceptors (Lipinski definition) is 12. The molecule has 17 heteroatoms. The number of nitrogens with one attached hydrogen (secondary N) is 4. The first kappa shape index (κ1) is 56.9. The maximum absolute atomic E-state index is 15.0. The summed E-state index contributed by atoms with van der Waals surface area (Å²) in [5, 5.41) is 27.7. The zero-order chi connectivity index (χ0) is 55.0. The number of amides is 2. The van der Waals surface area contributed by atoms with Crippen LogP contribution in [0, 0.1) is 35.5 Å². The number of aromatic carboxylic acids is 2. The van der Waals surface area contributed by atoms with Gasteiger partial charge in [-0.3, -0.25) is 14.9 Å². The van der Waals surface area contributed by atoms with Crippen LogP contribution in [0.2, 0.25) is 0 Å². The van der Waals surface area contributed by atoms with E-state index in [9.17, 15) is 29.4 Å². The number of carbonyl (C=O) groups is 5. The van der Waals surface area contributed by atoms with Gasteiger partial charge in [0.2, 0.25) is 11.8 Å². The summed E-state index contributed by atoms with van der Waals surface area (Å²) in [6.07, 6.45) is 4.89. The number of amidine groups is 1. The average Bonchev–Trinajstić information content (AvgIpc) is 3.91. The molecule has 6 N–H and O–H groups in total. The average molecular weight is 1060 g/mol. The van der Waals surface area contributed by atoms with Crippen LogP contribution in [0.4, 0.5) is 5.82 Å². The largest absolute Gasteiger partial charge is 0.484 e. The minimum atomic E-state index is -1.31. The van der Waals surface area contributed by atoms with E-state index in [2.05, 4.69) is 69.1 Å². The minimum Gasteiger partial charge on any atom is -0.484 e.